The van der Waals surface area contributed by atoms with Gasteiger partial charge in [-0.2, -0.15) is 26.3 Å². The normalized spacial score (nSPS) is 14.8. The highest BCUT2D eigenvalue weighted by Crippen LogP contribution is 2.38. The lowest BCUT2D eigenvalue weighted by molar-refractivity contribution is -0.172. The van der Waals surface area contributed by atoms with Gasteiger partial charge in [-0.05, 0) is 26.8 Å². The van der Waals surface area contributed by atoms with Crippen molar-refractivity contribution in [2.75, 3.05) is 7.05 Å². The van der Waals surface area contributed by atoms with Crippen LogP contribution in [0.3, 0.4) is 0 Å². The van der Waals surface area contributed by atoms with Crippen molar-refractivity contribution in [2.24, 2.45) is 0 Å². The van der Waals surface area contributed by atoms with Crippen LogP contribution in [0, 0.1) is 0 Å². The molecule has 0 aliphatic carbocycles. The summed E-state index contributed by atoms with van der Waals surface area (Å²) in [6, 6.07) is -0.126. The molecule has 0 bridgehead atoms. The smallest absolute Gasteiger partial charge is 0.317 e. The van der Waals surface area contributed by atoms with E-state index in [1.54, 1.807) is 14.0 Å². The minimum Gasteiger partial charge on any atom is -0.317 e. The van der Waals surface area contributed by atoms with E-state index >= 15 is 0 Å². The maximum absolute atomic E-state index is 12.0. The molecule has 96 valence electrons. The first-order valence-corrected chi connectivity index (χ1v) is 4.61. The van der Waals surface area contributed by atoms with Gasteiger partial charge in [-0.15, -0.1) is 0 Å². The van der Waals surface area contributed by atoms with E-state index in [-0.39, 0.29) is 25.0 Å². The lowest BCUT2D eigenvalue weighted by Crippen LogP contribution is -2.26. The van der Waals surface area contributed by atoms with Crippen LogP contribution in [0.5, 0.6) is 0 Å². The van der Waals surface area contributed by atoms with E-state index < -0.39 is 17.9 Å². The summed E-state index contributed by atoms with van der Waals surface area (Å²) >= 11 is 0. The molecule has 0 rings (SSSR count). The van der Waals surface area contributed by atoms with Crippen molar-refractivity contribution in [3.05, 3.63) is 11.6 Å². The van der Waals surface area contributed by atoms with E-state index in [1.807, 2.05) is 0 Å². The van der Waals surface area contributed by atoms with Gasteiger partial charge in [-0.3, -0.25) is 0 Å². The Morgan fingerprint density at radius 1 is 1.12 bits per heavy atom. The SMILES string of the molecule is CNC(C)CCC=C(C(F)(F)F)C(F)(F)F. The highest BCUT2D eigenvalue weighted by Gasteiger charge is 2.50. The second kappa shape index (κ2) is 5.56. The van der Waals surface area contributed by atoms with Crippen LogP contribution >= 0.6 is 0 Å². The van der Waals surface area contributed by atoms with Gasteiger partial charge < -0.3 is 5.32 Å². The monoisotopic (exact) mass is 249 g/mol. The molecule has 1 atom stereocenters. The standard InChI is InChI=1S/C9H13F6N/c1-6(16-2)4-3-5-7(8(10,11)12)9(13,14)15/h5-6,16H,3-4H2,1-2H3. The topological polar surface area (TPSA) is 12.0 Å². The van der Waals surface area contributed by atoms with Crippen LogP contribution in [0.1, 0.15) is 19.8 Å². The maximum Gasteiger partial charge on any atom is 0.420 e. The molecule has 0 aliphatic heterocycles. The average molecular weight is 249 g/mol. The Balaban J connectivity index is 4.61. The lowest BCUT2D eigenvalue weighted by Gasteiger charge is -2.15. The van der Waals surface area contributed by atoms with Crippen LogP contribution in [0.15, 0.2) is 11.6 Å². The van der Waals surface area contributed by atoms with Gasteiger partial charge >= 0.3 is 12.4 Å². The Morgan fingerprint density at radius 2 is 1.56 bits per heavy atom. The van der Waals surface area contributed by atoms with Crippen molar-refractivity contribution < 1.29 is 26.3 Å². The molecule has 0 fully saturated rings. The summed E-state index contributed by atoms with van der Waals surface area (Å²) in [5.41, 5.74) is -2.43. The highest BCUT2D eigenvalue weighted by atomic mass is 19.4. The van der Waals surface area contributed by atoms with Gasteiger partial charge in [-0.25, -0.2) is 0 Å². The summed E-state index contributed by atoms with van der Waals surface area (Å²) < 4.78 is 72.1. The van der Waals surface area contributed by atoms with Gasteiger partial charge in [-0.1, -0.05) is 6.08 Å². The molecular weight excluding hydrogens is 236 g/mol. The zero-order valence-corrected chi connectivity index (χ0v) is 8.84. The molecular formula is C9H13F6N. The average Bonchev–Trinajstić information content (AvgIpc) is 2.07. The summed E-state index contributed by atoms with van der Waals surface area (Å²) in [5, 5.41) is 2.72. The lowest BCUT2D eigenvalue weighted by atomic mass is 10.1. The predicted molar refractivity (Wildman–Crippen MR) is 47.9 cm³/mol. The summed E-state index contributed by atoms with van der Waals surface area (Å²) in [7, 11) is 1.59. The molecule has 1 unspecified atom stereocenters. The summed E-state index contributed by atoms with van der Waals surface area (Å²) in [6.45, 7) is 1.68. The molecule has 0 aromatic carbocycles. The zero-order chi connectivity index (χ0) is 13.0. The molecule has 1 N–H and O–H groups in total. The van der Waals surface area contributed by atoms with Gasteiger partial charge in [0.15, 0.2) is 0 Å². The van der Waals surface area contributed by atoms with E-state index in [2.05, 4.69) is 5.32 Å². The number of hydrogen-bond donors (Lipinski definition) is 1. The van der Waals surface area contributed by atoms with E-state index in [4.69, 9.17) is 0 Å². The summed E-state index contributed by atoms with van der Waals surface area (Å²) in [6.07, 6.45) is -10.5. The van der Waals surface area contributed by atoms with Crippen molar-refractivity contribution in [3.8, 4) is 0 Å². The fourth-order valence-corrected chi connectivity index (χ4v) is 1.01. The number of rotatable bonds is 4. The quantitative estimate of drug-likeness (QED) is 0.594. The third-order valence-corrected chi connectivity index (χ3v) is 2.05. The van der Waals surface area contributed by atoms with Crippen LogP contribution < -0.4 is 5.32 Å². The van der Waals surface area contributed by atoms with Gasteiger partial charge in [0.2, 0.25) is 0 Å². The number of alkyl halides is 6. The first-order chi connectivity index (χ1) is 7.09. The fourth-order valence-electron chi connectivity index (χ4n) is 1.01. The molecule has 0 radical (unpaired) electrons. The van der Waals surface area contributed by atoms with Gasteiger partial charge in [0, 0.05) is 6.04 Å². The molecule has 0 aromatic heterocycles. The second-order valence-electron chi connectivity index (χ2n) is 3.38. The minimum absolute atomic E-state index is 0.126. The van der Waals surface area contributed by atoms with Crippen LogP contribution in [0.2, 0.25) is 0 Å². The van der Waals surface area contributed by atoms with E-state index in [9.17, 15) is 26.3 Å². The van der Waals surface area contributed by atoms with Crippen LogP contribution in [0.25, 0.3) is 0 Å². The zero-order valence-electron chi connectivity index (χ0n) is 8.84. The number of nitrogens with one attached hydrogen (secondary N) is 1. The van der Waals surface area contributed by atoms with E-state index in [0.717, 1.165) is 0 Å². The largest absolute Gasteiger partial charge is 0.420 e. The predicted octanol–water partition coefficient (Wildman–Crippen LogP) is 3.43. The van der Waals surface area contributed by atoms with Gasteiger partial charge in [0.25, 0.3) is 0 Å². The van der Waals surface area contributed by atoms with Gasteiger partial charge in [0.05, 0.1) is 0 Å². The molecule has 0 aromatic rings. The van der Waals surface area contributed by atoms with E-state index in [1.165, 1.54) is 0 Å². The Hall–Kier alpha value is -0.720. The number of halogens is 6. The van der Waals surface area contributed by atoms with Crippen molar-refractivity contribution in [1.29, 1.82) is 0 Å². The molecule has 0 aliphatic rings. The first kappa shape index (κ1) is 15.3. The minimum atomic E-state index is -5.35. The third kappa shape index (κ3) is 5.39. The van der Waals surface area contributed by atoms with Crippen molar-refractivity contribution in [2.45, 2.75) is 38.2 Å². The van der Waals surface area contributed by atoms with Gasteiger partial charge in [0.1, 0.15) is 5.57 Å². The van der Waals surface area contributed by atoms with E-state index in [0.29, 0.717) is 0 Å². The van der Waals surface area contributed by atoms with Crippen molar-refractivity contribution >= 4 is 0 Å². The molecule has 1 nitrogen and oxygen atoms in total. The molecule has 16 heavy (non-hydrogen) atoms. The molecule has 0 saturated carbocycles. The molecule has 7 heteroatoms. The fraction of sp³-hybridized carbons (Fsp3) is 0.778. The maximum atomic E-state index is 12.0. The third-order valence-electron chi connectivity index (χ3n) is 2.05. The van der Waals surface area contributed by atoms with Crippen LogP contribution in [-0.2, 0) is 0 Å². The Bertz CT molecular complexity index is 223. The molecule has 0 heterocycles. The Labute approximate surface area is 89.5 Å². The number of hydrogen-bond acceptors (Lipinski definition) is 1. The molecule has 0 amide bonds. The summed E-state index contributed by atoms with van der Waals surface area (Å²) in [5.74, 6) is 0. The first-order valence-electron chi connectivity index (χ1n) is 4.61. The second-order valence-corrected chi connectivity index (χ2v) is 3.38. The highest BCUT2D eigenvalue weighted by molar-refractivity contribution is 5.15. The summed E-state index contributed by atoms with van der Waals surface area (Å²) in [4.78, 5) is 0. The Morgan fingerprint density at radius 3 is 1.88 bits per heavy atom. The molecule has 0 spiro atoms. The Kier molecular flexibility index (Phi) is 5.31. The van der Waals surface area contributed by atoms with Crippen LogP contribution in [-0.4, -0.2) is 25.4 Å². The van der Waals surface area contributed by atoms with Crippen molar-refractivity contribution in [1.82, 2.24) is 5.32 Å². The number of allylic oxidation sites excluding steroid dienone is 2. The molecule has 0 saturated heterocycles. The van der Waals surface area contributed by atoms with Crippen molar-refractivity contribution in [3.63, 3.8) is 0 Å². The van der Waals surface area contributed by atoms with Crippen LogP contribution in [0.4, 0.5) is 26.3 Å².